The molecule has 0 amide bonds. The summed E-state index contributed by atoms with van der Waals surface area (Å²) in [6.45, 7) is 4.03. The van der Waals surface area contributed by atoms with E-state index < -0.39 is 9.84 Å². The quantitative estimate of drug-likeness (QED) is 0.886. The smallest absolute Gasteiger partial charge is 0.224 e. The molecule has 2 rings (SSSR count). The summed E-state index contributed by atoms with van der Waals surface area (Å²) >= 11 is 0. The summed E-state index contributed by atoms with van der Waals surface area (Å²) < 4.78 is 23.0. The molecule has 1 fully saturated rings. The monoisotopic (exact) mass is 284 g/mol. The molecule has 1 aliphatic rings. The van der Waals surface area contributed by atoms with E-state index in [0.717, 1.165) is 5.82 Å². The van der Waals surface area contributed by atoms with E-state index in [9.17, 15) is 8.42 Å². The Balaban J connectivity index is 2.13. The largest absolute Gasteiger partial charge is 0.355 e. The molecule has 0 bridgehead atoms. The first kappa shape index (κ1) is 14.0. The van der Waals surface area contributed by atoms with Crippen LogP contribution >= 0.6 is 0 Å². The van der Waals surface area contributed by atoms with Crippen LogP contribution in [0.4, 0.5) is 11.8 Å². The van der Waals surface area contributed by atoms with Gasteiger partial charge in [0.05, 0.1) is 11.5 Å². The van der Waals surface area contributed by atoms with Crippen molar-refractivity contribution in [2.24, 2.45) is 0 Å². The Morgan fingerprint density at radius 3 is 2.79 bits per heavy atom. The molecule has 6 nitrogen and oxygen atoms in total. The highest BCUT2D eigenvalue weighted by Gasteiger charge is 2.31. The molecule has 0 saturated carbocycles. The summed E-state index contributed by atoms with van der Waals surface area (Å²) in [4.78, 5) is 10.5. The molecule has 0 aromatic carbocycles. The van der Waals surface area contributed by atoms with E-state index in [-0.39, 0.29) is 23.6 Å². The average Bonchev–Trinajstić information content (AvgIpc) is 2.68. The lowest BCUT2D eigenvalue weighted by Crippen LogP contribution is -2.33. The normalized spacial score (nSPS) is 21.6. The van der Waals surface area contributed by atoms with E-state index in [1.54, 1.807) is 12.3 Å². The fourth-order valence-electron chi connectivity index (χ4n) is 2.14. The second-order valence-electron chi connectivity index (χ2n) is 5.21. The van der Waals surface area contributed by atoms with Gasteiger partial charge < -0.3 is 10.2 Å². The van der Waals surface area contributed by atoms with Crippen molar-refractivity contribution in [1.82, 2.24) is 9.97 Å². The zero-order valence-electron chi connectivity index (χ0n) is 11.5. The van der Waals surface area contributed by atoms with Gasteiger partial charge in [-0.2, -0.15) is 4.98 Å². The van der Waals surface area contributed by atoms with Gasteiger partial charge in [-0.3, -0.25) is 0 Å². The maximum absolute atomic E-state index is 11.5. The number of rotatable bonds is 4. The molecule has 19 heavy (non-hydrogen) atoms. The number of anilines is 2. The molecule has 2 heterocycles. The molecule has 7 heteroatoms. The third-order valence-corrected chi connectivity index (χ3v) is 4.93. The van der Waals surface area contributed by atoms with Gasteiger partial charge in [-0.25, -0.2) is 13.4 Å². The first-order valence-electron chi connectivity index (χ1n) is 6.40. The van der Waals surface area contributed by atoms with Crippen LogP contribution < -0.4 is 10.2 Å². The van der Waals surface area contributed by atoms with Crippen LogP contribution in [-0.4, -0.2) is 49.0 Å². The van der Waals surface area contributed by atoms with Crippen molar-refractivity contribution >= 4 is 21.6 Å². The molecule has 1 aromatic rings. The Morgan fingerprint density at radius 1 is 1.47 bits per heavy atom. The molecular weight excluding hydrogens is 264 g/mol. The molecule has 1 atom stereocenters. The van der Waals surface area contributed by atoms with Crippen molar-refractivity contribution in [3.05, 3.63) is 12.3 Å². The number of aromatic nitrogens is 2. The first-order chi connectivity index (χ1) is 8.87. The molecule has 1 aliphatic heterocycles. The minimum absolute atomic E-state index is 0.00630. The van der Waals surface area contributed by atoms with Gasteiger partial charge in [0.2, 0.25) is 5.95 Å². The van der Waals surface area contributed by atoms with Crippen molar-refractivity contribution in [1.29, 1.82) is 0 Å². The SMILES string of the molecule is CC(C)Nc1nccc(N(C)C2CCS(=O)(=O)C2)n1. The van der Waals surface area contributed by atoms with E-state index in [2.05, 4.69) is 15.3 Å². The lowest BCUT2D eigenvalue weighted by molar-refractivity contribution is 0.600. The summed E-state index contributed by atoms with van der Waals surface area (Å²) in [5.74, 6) is 1.80. The number of hydrogen-bond donors (Lipinski definition) is 1. The minimum atomic E-state index is -2.88. The van der Waals surface area contributed by atoms with Crippen LogP contribution in [0.2, 0.25) is 0 Å². The van der Waals surface area contributed by atoms with E-state index in [4.69, 9.17) is 0 Å². The Bertz CT molecular complexity index is 544. The molecule has 1 saturated heterocycles. The molecule has 1 unspecified atom stereocenters. The first-order valence-corrected chi connectivity index (χ1v) is 8.22. The standard InChI is InChI=1S/C12H20N4O2S/c1-9(2)14-12-13-6-4-11(15-12)16(3)10-5-7-19(17,18)8-10/h4,6,9-10H,5,7-8H2,1-3H3,(H,13,14,15). The number of sulfone groups is 1. The second-order valence-corrected chi connectivity index (χ2v) is 7.43. The topological polar surface area (TPSA) is 75.2 Å². The molecule has 0 radical (unpaired) electrons. The molecule has 0 spiro atoms. The van der Waals surface area contributed by atoms with Crippen LogP contribution in [0.1, 0.15) is 20.3 Å². The Kier molecular flexibility index (Phi) is 3.93. The Labute approximate surface area is 114 Å². The van der Waals surface area contributed by atoms with Crippen molar-refractivity contribution in [3.8, 4) is 0 Å². The predicted molar refractivity (Wildman–Crippen MR) is 76.3 cm³/mol. The van der Waals surface area contributed by atoms with Gasteiger partial charge in [0.1, 0.15) is 5.82 Å². The summed E-state index contributed by atoms with van der Waals surface area (Å²) in [6, 6.07) is 2.07. The van der Waals surface area contributed by atoms with Gasteiger partial charge in [0.15, 0.2) is 9.84 Å². The van der Waals surface area contributed by atoms with Gasteiger partial charge in [-0.1, -0.05) is 0 Å². The van der Waals surface area contributed by atoms with Crippen LogP contribution in [0.25, 0.3) is 0 Å². The van der Waals surface area contributed by atoms with E-state index in [1.807, 2.05) is 25.8 Å². The highest BCUT2D eigenvalue weighted by molar-refractivity contribution is 7.91. The van der Waals surface area contributed by atoms with Crippen molar-refractivity contribution in [2.45, 2.75) is 32.4 Å². The molecular formula is C12H20N4O2S. The van der Waals surface area contributed by atoms with Crippen LogP contribution in [-0.2, 0) is 9.84 Å². The van der Waals surface area contributed by atoms with Gasteiger partial charge in [0.25, 0.3) is 0 Å². The van der Waals surface area contributed by atoms with E-state index in [0.29, 0.717) is 12.4 Å². The highest BCUT2D eigenvalue weighted by atomic mass is 32.2. The van der Waals surface area contributed by atoms with E-state index >= 15 is 0 Å². The molecule has 0 aliphatic carbocycles. The van der Waals surface area contributed by atoms with Crippen LogP contribution in [0, 0.1) is 0 Å². The van der Waals surface area contributed by atoms with Crippen molar-refractivity contribution < 1.29 is 8.42 Å². The van der Waals surface area contributed by atoms with Gasteiger partial charge >= 0.3 is 0 Å². The number of nitrogens with one attached hydrogen (secondary N) is 1. The van der Waals surface area contributed by atoms with Crippen molar-refractivity contribution in [2.75, 3.05) is 28.8 Å². The summed E-state index contributed by atoms with van der Waals surface area (Å²) in [5.41, 5.74) is 0. The minimum Gasteiger partial charge on any atom is -0.355 e. The van der Waals surface area contributed by atoms with Crippen LogP contribution in [0.5, 0.6) is 0 Å². The molecule has 106 valence electrons. The van der Waals surface area contributed by atoms with Crippen LogP contribution in [0.3, 0.4) is 0 Å². The lowest BCUT2D eigenvalue weighted by Gasteiger charge is -2.24. The lowest BCUT2D eigenvalue weighted by atomic mass is 10.2. The Hall–Kier alpha value is -1.37. The fourth-order valence-corrected chi connectivity index (χ4v) is 3.92. The number of hydrogen-bond acceptors (Lipinski definition) is 6. The van der Waals surface area contributed by atoms with Gasteiger partial charge in [-0.05, 0) is 26.3 Å². The fraction of sp³-hybridized carbons (Fsp3) is 0.667. The predicted octanol–water partition coefficient (Wildman–Crippen LogP) is 0.920. The molecule has 1 aromatic heterocycles. The summed E-state index contributed by atoms with van der Waals surface area (Å²) in [6.07, 6.45) is 2.35. The van der Waals surface area contributed by atoms with Gasteiger partial charge in [0, 0.05) is 25.3 Å². The number of nitrogens with zero attached hydrogens (tertiary/aromatic N) is 3. The summed E-state index contributed by atoms with van der Waals surface area (Å²) in [7, 11) is -0.996. The third-order valence-electron chi connectivity index (χ3n) is 3.18. The maximum Gasteiger partial charge on any atom is 0.224 e. The second kappa shape index (κ2) is 5.32. The zero-order valence-corrected chi connectivity index (χ0v) is 12.3. The maximum atomic E-state index is 11.5. The van der Waals surface area contributed by atoms with Crippen molar-refractivity contribution in [3.63, 3.8) is 0 Å². The Morgan fingerprint density at radius 2 is 2.21 bits per heavy atom. The third kappa shape index (κ3) is 3.56. The summed E-state index contributed by atoms with van der Waals surface area (Å²) in [5, 5.41) is 3.14. The zero-order chi connectivity index (χ0) is 14.0. The highest BCUT2D eigenvalue weighted by Crippen LogP contribution is 2.21. The van der Waals surface area contributed by atoms with Gasteiger partial charge in [-0.15, -0.1) is 0 Å². The van der Waals surface area contributed by atoms with E-state index in [1.165, 1.54) is 0 Å². The van der Waals surface area contributed by atoms with Crippen LogP contribution in [0.15, 0.2) is 12.3 Å². The average molecular weight is 284 g/mol. The molecule has 1 N–H and O–H groups in total.